The predicted octanol–water partition coefficient (Wildman–Crippen LogP) is 3.46. The SMILES string of the molecule is COc1ccc(-n2cccc2)c2c1C(C(=O)C(=O)N1CCN(c3nccc4ccccc34)CC1)CN2. The van der Waals surface area contributed by atoms with Crippen LogP contribution in [0.3, 0.4) is 0 Å². The number of ketones is 1. The Bertz CT molecular complexity index is 1440. The lowest BCUT2D eigenvalue weighted by Gasteiger charge is -2.35. The Labute approximate surface area is 209 Å². The molecule has 8 nitrogen and oxygen atoms in total. The second-order valence-corrected chi connectivity index (χ2v) is 9.10. The van der Waals surface area contributed by atoms with Crippen molar-refractivity contribution < 1.29 is 14.3 Å². The van der Waals surface area contributed by atoms with Crippen molar-refractivity contribution in [3.8, 4) is 11.4 Å². The highest BCUT2D eigenvalue weighted by molar-refractivity contribution is 6.38. The molecule has 2 aromatic heterocycles. The summed E-state index contributed by atoms with van der Waals surface area (Å²) >= 11 is 0. The van der Waals surface area contributed by atoms with Crippen LogP contribution in [0.25, 0.3) is 16.5 Å². The number of fused-ring (bicyclic) bond motifs is 2. The molecule has 0 radical (unpaired) electrons. The second kappa shape index (κ2) is 9.03. The molecule has 2 aromatic carbocycles. The normalized spacial score (nSPS) is 17.1. The number of Topliss-reactive ketones (excluding diaryl/α,β-unsaturated/α-hetero) is 1. The summed E-state index contributed by atoms with van der Waals surface area (Å²) in [5.74, 6) is 0.108. The summed E-state index contributed by atoms with van der Waals surface area (Å²) in [4.78, 5) is 35.3. The maximum Gasteiger partial charge on any atom is 0.290 e. The van der Waals surface area contributed by atoms with E-state index in [-0.39, 0.29) is 0 Å². The van der Waals surface area contributed by atoms with Gasteiger partial charge in [-0.25, -0.2) is 4.98 Å². The predicted molar refractivity (Wildman–Crippen MR) is 139 cm³/mol. The Morgan fingerprint density at radius 3 is 2.53 bits per heavy atom. The van der Waals surface area contributed by atoms with Gasteiger partial charge in [0.15, 0.2) is 0 Å². The molecule has 1 amide bonds. The van der Waals surface area contributed by atoms with Crippen molar-refractivity contribution in [3.05, 3.63) is 78.8 Å². The number of nitrogens with one attached hydrogen (secondary N) is 1. The summed E-state index contributed by atoms with van der Waals surface area (Å²) in [5.41, 5.74) is 2.51. The number of carbonyl (C=O) groups excluding carboxylic acids is 2. The molecular weight excluding hydrogens is 454 g/mol. The van der Waals surface area contributed by atoms with Gasteiger partial charge in [0, 0.05) is 62.3 Å². The van der Waals surface area contributed by atoms with Crippen molar-refractivity contribution >= 4 is 34.0 Å². The van der Waals surface area contributed by atoms with Crippen LogP contribution in [0.15, 0.2) is 73.2 Å². The van der Waals surface area contributed by atoms with Crippen LogP contribution in [0, 0.1) is 0 Å². The molecule has 1 N–H and O–H groups in total. The molecule has 182 valence electrons. The second-order valence-electron chi connectivity index (χ2n) is 9.10. The minimum absolute atomic E-state index is 0.369. The lowest BCUT2D eigenvalue weighted by Crippen LogP contribution is -2.51. The third-order valence-corrected chi connectivity index (χ3v) is 7.16. The van der Waals surface area contributed by atoms with Gasteiger partial charge in [-0.2, -0.15) is 0 Å². The highest BCUT2D eigenvalue weighted by atomic mass is 16.5. The van der Waals surface area contributed by atoms with Crippen LogP contribution >= 0.6 is 0 Å². The fourth-order valence-corrected chi connectivity index (χ4v) is 5.32. The van der Waals surface area contributed by atoms with Gasteiger partial charge in [0.25, 0.3) is 5.91 Å². The highest BCUT2D eigenvalue weighted by Gasteiger charge is 2.39. The Hall–Kier alpha value is -4.33. The van der Waals surface area contributed by atoms with Gasteiger partial charge in [0.2, 0.25) is 5.78 Å². The van der Waals surface area contributed by atoms with E-state index in [1.165, 1.54) is 0 Å². The zero-order valence-corrected chi connectivity index (χ0v) is 20.1. The largest absolute Gasteiger partial charge is 0.496 e. The first-order chi connectivity index (χ1) is 17.7. The highest BCUT2D eigenvalue weighted by Crippen LogP contribution is 2.43. The summed E-state index contributed by atoms with van der Waals surface area (Å²) in [6, 6.07) is 17.9. The van der Waals surface area contributed by atoms with E-state index in [2.05, 4.69) is 27.3 Å². The number of rotatable bonds is 5. The van der Waals surface area contributed by atoms with Gasteiger partial charge in [-0.1, -0.05) is 24.3 Å². The zero-order chi connectivity index (χ0) is 24.6. The number of hydrogen-bond donors (Lipinski definition) is 1. The number of nitrogens with zero attached hydrogens (tertiary/aromatic N) is 4. The van der Waals surface area contributed by atoms with Gasteiger partial charge in [0.05, 0.1) is 24.4 Å². The Balaban J connectivity index is 1.20. The first-order valence-corrected chi connectivity index (χ1v) is 12.2. The monoisotopic (exact) mass is 481 g/mol. The Morgan fingerprint density at radius 2 is 1.75 bits per heavy atom. The van der Waals surface area contributed by atoms with Crippen molar-refractivity contribution in [2.24, 2.45) is 0 Å². The fourth-order valence-electron chi connectivity index (χ4n) is 5.32. The molecule has 1 saturated heterocycles. The van der Waals surface area contributed by atoms with E-state index in [9.17, 15) is 9.59 Å². The number of methoxy groups -OCH3 is 1. The summed E-state index contributed by atoms with van der Waals surface area (Å²) in [6.45, 7) is 2.57. The molecule has 2 aliphatic rings. The van der Waals surface area contributed by atoms with E-state index in [1.807, 2.05) is 65.6 Å². The molecule has 0 saturated carbocycles. The number of pyridine rings is 1. The van der Waals surface area contributed by atoms with Crippen molar-refractivity contribution in [2.75, 3.05) is 50.1 Å². The van der Waals surface area contributed by atoms with Crippen LogP contribution in [0.2, 0.25) is 0 Å². The van der Waals surface area contributed by atoms with Crippen LogP contribution in [0.4, 0.5) is 11.5 Å². The maximum atomic E-state index is 13.5. The molecule has 0 spiro atoms. The molecule has 0 bridgehead atoms. The summed E-state index contributed by atoms with van der Waals surface area (Å²) in [7, 11) is 1.59. The van der Waals surface area contributed by atoms with Crippen molar-refractivity contribution in [3.63, 3.8) is 0 Å². The van der Waals surface area contributed by atoms with E-state index >= 15 is 0 Å². The molecule has 4 aromatic rings. The number of anilines is 2. The third-order valence-electron chi connectivity index (χ3n) is 7.16. The quantitative estimate of drug-likeness (QED) is 0.440. The lowest BCUT2D eigenvalue weighted by atomic mass is 9.94. The molecule has 4 heterocycles. The number of aromatic nitrogens is 2. The first kappa shape index (κ1) is 22.2. The van der Waals surface area contributed by atoms with Crippen molar-refractivity contribution in [2.45, 2.75) is 5.92 Å². The fraction of sp³-hybridized carbons (Fsp3) is 0.250. The topological polar surface area (TPSA) is 79.7 Å². The summed E-state index contributed by atoms with van der Waals surface area (Å²) < 4.78 is 7.58. The molecule has 36 heavy (non-hydrogen) atoms. The van der Waals surface area contributed by atoms with E-state index in [0.717, 1.165) is 33.5 Å². The molecule has 1 fully saturated rings. The number of benzene rings is 2. The maximum absolute atomic E-state index is 13.5. The average molecular weight is 482 g/mol. The van der Waals surface area contributed by atoms with Crippen LogP contribution in [0.5, 0.6) is 5.75 Å². The molecular formula is C28H27N5O3. The third kappa shape index (κ3) is 3.66. The van der Waals surface area contributed by atoms with Gasteiger partial charge in [0.1, 0.15) is 11.6 Å². The Morgan fingerprint density at radius 1 is 0.972 bits per heavy atom. The number of carbonyl (C=O) groups is 2. The van der Waals surface area contributed by atoms with Gasteiger partial charge in [-0.05, 0) is 35.7 Å². The van der Waals surface area contributed by atoms with Crippen molar-refractivity contribution in [1.82, 2.24) is 14.5 Å². The van der Waals surface area contributed by atoms with Gasteiger partial charge >= 0.3 is 0 Å². The van der Waals surface area contributed by atoms with Gasteiger partial charge < -0.3 is 24.4 Å². The number of amides is 1. The Kier molecular flexibility index (Phi) is 5.56. The van der Waals surface area contributed by atoms with Gasteiger partial charge in [-0.3, -0.25) is 9.59 Å². The standard InChI is InChI=1S/C28H27N5O3/c1-36-23-9-8-22(31-12-4-5-13-31)25-24(23)21(18-30-25)26(34)28(35)33-16-14-32(15-17-33)27-20-7-3-2-6-19(20)10-11-29-27/h2-13,21,30H,14-18H2,1H3. The van der Waals surface area contributed by atoms with E-state index < -0.39 is 17.6 Å². The summed E-state index contributed by atoms with van der Waals surface area (Å²) in [6.07, 6.45) is 5.72. The molecule has 6 rings (SSSR count). The minimum atomic E-state index is -0.587. The number of hydrogen-bond acceptors (Lipinski definition) is 6. The van der Waals surface area contributed by atoms with E-state index in [4.69, 9.17) is 4.74 Å². The molecule has 8 heteroatoms. The van der Waals surface area contributed by atoms with Crippen LogP contribution in [-0.4, -0.2) is 66.0 Å². The zero-order valence-electron chi connectivity index (χ0n) is 20.1. The molecule has 2 aliphatic heterocycles. The van der Waals surface area contributed by atoms with E-state index in [1.54, 1.807) is 12.0 Å². The molecule has 0 aliphatic carbocycles. The summed E-state index contributed by atoms with van der Waals surface area (Å²) in [5, 5.41) is 5.59. The lowest BCUT2D eigenvalue weighted by molar-refractivity contribution is -0.145. The molecule has 1 atom stereocenters. The smallest absolute Gasteiger partial charge is 0.290 e. The number of ether oxygens (including phenoxy) is 1. The minimum Gasteiger partial charge on any atom is -0.496 e. The van der Waals surface area contributed by atoms with Crippen LogP contribution in [0.1, 0.15) is 11.5 Å². The molecule has 1 unspecified atom stereocenters. The van der Waals surface area contributed by atoms with E-state index in [0.29, 0.717) is 38.5 Å². The van der Waals surface area contributed by atoms with Crippen LogP contribution in [-0.2, 0) is 9.59 Å². The van der Waals surface area contributed by atoms with Crippen LogP contribution < -0.4 is 15.0 Å². The van der Waals surface area contributed by atoms with Crippen molar-refractivity contribution in [1.29, 1.82) is 0 Å². The average Bonchev–Trinajstić information content (AvgIpc) is 3.63. The number of piperazine rings is 1. The first-order valence-electron chi connectivity index (χ1n) is 12.2. The van der Waals surface area contributed by atoms with Gasteiger partial charge in [-0.15, -0.1) is 0 Å².